The van der Waals surface area contributed by atoms with Crippen molar-refractivity contribution in [3.05, 3.63) is 30.1 Å². The lowest BCUT2D eigenvalue weighted by molar-refractivity contribution is -0.128. The van der Waals surface area contributed by atoms with Gasteiger partial charge in [0.1, 0.15) is 5.88 Å². The lowest BCUT2D eigenvalue weighted by Crippen LogP contribution is -2.37. The third kappa shape index (κ3) is 3.44. The maximum absolute atomic E-state index is 12.3. The van der Waals surface area contributed by atoms with Crippen molar-refractivity contribution < 1.29 is 9.59 Å². The highest BCUT2D eigenvalue weighted by molar-refractivity contribution is 6.27. The summed E-state index contributed by atoms with van der Waals surface area (Å²) in [6, 6.07) is 3.41. The molecule has 0 aromatic carbocycles. The first-order chi connectivity index (χ1) is 9.22. The summed E-state index contributed by atoms with van der Waals surface area (Å²) in [4.78, 5) is 31.2. The zero-order chi connectivity index (χ0) is 13.7. The van der Waals surface area contributed by atoms with Gasteiger partial charge in [0.05, 0.1) is 0 Å². The molecule has 0 bridgehead atoms. The first-order valence-corrected chi connectivity index (χ1v) is 6.79. The second kappa shape index (κ2) is 6.52. The normalized spacial score (nSPS) is 16.1. The standard InChI is InChI=1S/C13H16ClN3O2/c14-10-12(18)16-6-1-7-17(9-8-16)13(19)11-2-4-15-5-3-11/h2-5H,1,6-10H2. The van der Waals surface area contributed by atoms with Crippen LogP contribution in [0.15, 0.2) is 24.5 Å². The smallest absolute Gasteiger partial charge is 0.254 e. The van der Waals surface area contributed by atoms with E-state index >= 15 is 0 Å². The Balaban J connectivity index is 2.00. The molecule has 1 saturated heterocycles. The topological polar surface area (TPSA) is 53.5 Å². The molecule has 0 atom stereocenters. The maximum atomic E-state index is 12.3. The molecule has 1 aromatic rings. The van der Waals surface area contributed by atoms with Crippen LogP contribution in [0.1, 0.15) is 16.8 Å². The number of aromatic nitrogens is 1. The molecule has 19 heavy (non-hydrogen) atoms. The van der Waals surface area contributed by atoms with Crippen LogP contribution >= 0.6 is 11.6 Å². The predicted molar refractivity (Wildman–Crippen MR) is 72.1 cm³/mol. The van der Waals surface area contributed by atoms with E-state index in [1.807, 2.05) is 0 Å². The third-order valence-corrected chi connectivity index (χ3v) is 3.41. The van der Waals surface area contributed by atoms with Crippen LogP contribution in [-0.2, 0) is 4.79 Å². The highest BCUT2D eigenvalue weighted by atomic mass is 35.5. The van der Waals surface area contributed by atoms with Crippen LogP contribution in [0.3, 0.4) is 0 Å². The number of carbonyl (C=O) groups is 2. The van der Waals surface area contributed by atoms with E-state index < -0.39 is 0 Å². The SMILES string of the molecule is O=C(CCl)N1CCCN(C(=O)c2ccncc2)CC1. The van der Waals surface area contributed by atoms with Crippen molar-refractivity contribution in [1.82, 2.24) is 14.8 Å². The van der Waals surface area contributed by atoms with Gasteiger partial charge in [-0.25, -0.2) is 0 Å². The van der Waals surface area contributed by atoms with Gasteiger partial charge in [-0.2, -0.15) is 0 Å². The molecular formula is C13H16ClN3O2. The molecule has 6 heteroatoms. The van der Waals surface area contributed by atoms with Crippen LogP contribution in [0.2, 0.25) is 0 Å². The first-order valence-electron chi connectivity index (χ1n) is 6.25. The Labute approximate surface area is 117 Å². The van der Waals surface area contributed by atoms with E-state index in [4.69, 9.17) is 11.6 Å². The number of carbonyl (C=O) groups excluding carboxylic acids is 2. The van der Waals surface area contributed by atoms with Gasteiger partial charge in [-0.05, 0) is 18.6 Å². The Kier molecular flexibility index (Phi) is 4.74. The number of hydrogen-bond acceptors (Lipinski definition) is 3. The molecule has 102 valence electrons. The van der Waals surface area contributed by atoms with Crippen molar-refractivity contribution in [2.45, 2.75) is 6.42 Å². The highest BCUT2D eigenvalue weighted by Crippen LogP contribution is 2.09. The number of rotatable bonds is 2. The van der Waals surface area contributed by atoms with Crippen molar-refractivity contribution in [2.24, 2.45) is 0 Å². The van der Waals surface area contributed by atoms with Gasteiger partial charge in [0.15, 0.2) is 0 Å². The molecule has 0 radical (unpaired) electrons. The lowest BCUT2D eigenvalue weighted by Gasteiger charge is -2.21. The van der Waals surface area contributed by atoms with Gasteiger partial charge in [0.2, 0.25) is 5.91 Å². The zero-order valence-electron chi connectivity index (χ0n) is 10.6. The molecule has 1 aliphatic heterocycles. The van der Waals surface area contributed by atoms with E-state index in [2.05, 4.69) is 4.98 Å². The van der Waals surface area contributed by atoms with E-state index in [0.29, 0.717) is 31.7 Å². The van der Waals surface area contributed by atoms with Crippen LogP contribution < -0.4 is 0 Å². The van der Waals surface area contributed by atoms with Gasteiger partial charge < -0.3 is 9.80 Å². The molecule has 5 nitrogen and oxygen atoms in total. The summed E-state index contributed by atoms with van der Waals surface area (Å²) in [5, 5.41) is 0. The number of hydrogen-bond donors (Lipinski definition) is 0. The molecule has 2 rings (SSSR count). The first kappa shape index (κ1) is 13.8. The van der Waals surface area contributed by atoms with E-state index in [9.17, 15) is 9.59 Å². The molecule has 2 amide bonds. The van der Waals surface area contributed by atoms with E-state index in [0.717, 1.165) is 6.42 Å². The minimum absolute atomic E-state index is 0.00169. The summed E-state index contributed by atoms with van der Waals surface area (Å²) in [6.45, 7) is 2.41. The van der Waals surface area contributed by atoms with Crippen LogP contribution in [0.5, 0.6) is 0 Å². The van der Waals surface area contributed by atoms with Crippen LogP contribution in [0, 0.1) is 0 Å². The van der Waals surface area contributed by atoms with Crippen molar-refractivity contribution in [3.63, 3.8) is 0 Å². The molecule has 0 spiro atoms. The fourth-order valence-corrected chi connectivity index (χ4v) is 2.30. The summed E-state index contributed by atoms with van der Waals surface area (Å²) in [5.74, 6) is -0.0828. The monoisotopic (exact) mass is 281 g/mol. The van der Waals surface area contributed by atoms with E-state index in [1.54, 1.807) is 34.3 Å². The van der Waals surface area contributed by atoms with Gasteiger partial charge >= 0.3 is 0 Å². The second-order valence-corrected chi connectivity index (χ2v) is 4.66. The summed E-state index contributed by atoms with van der Waals surface area (Å²) in [5.41, 5.74) is 0.632. The maximum Gasteiger partial charge on any atom is 0.254 e. The number of alkyl halides is 1. The van der Waals surface area contributed by atoms with Crippen molar-refractivity contribution in [3.8, 4) is 0 Å². The van der Waals surface area contributed by atoms with Crippen LogP contribution in [0.4, 0.5) is 0 Å². The Morgan fingerprint density at radius 2 is 1.74 bits per heavy atom. The molecule has 0 unspecified atom stereocenters. The molecule has 0 N–H and O–H groups in total. The molecule has 1 fully saturated rings. The summed E-state index contributed by atoms with van der Waals surface area (Å²) in [7, 11) is 0. The fourth-order valence-electron chi connectivity index (χ4n) is 2.13. The zero-order valence-corrected chi connectivity index (χ0v) is 11.3. The summed E-state index contributed by atoms with van der Waals surface area (Å²) in [6.07, 6.45) is 3.99. The molecular weight excluding hydrogens is 266 g/mol. The number of amides is 2. The van der Waals surface area contributed by atoms with Crippen LogP contribution in [-0.4, -0.2) is 58.7 Å². The molecule has 1 aromatic heterocycles. The minimum atomic E-state index is -0.0696. The van der Waals surface area contributed by atoms with Gasteiger partial charge in [-0.1, -0.05) is 0 Å². The van der Waals surface area contributed by atoms with Crippen molar-refractivity contribution in [2.75, 3.05) is 32.1 Å². The molecule has 2 heterocycles. The fraction of sp³-hybridized carbons (Fsp3) is 0.462. The average molecular weight is 282 g/mol. The number of nitrogens with zero attached hydrogens (tertiary/aromatic N) is 3. The van der Waals surface area contributed by atoms with Crippen LogP contribution in [0.25, 0.3) is 0 Å². The quantitative estimate of drug-likeness (QED) is 0.760. The number of halogens is 1. The molecule has 0 aliphatic carbocycles. The molecule has 0 saturated carbocycles. The summed E-state index contributed by atoms with van der Waals surface area (Å²) < 4.78 is 0. The second-order valence-electron chi connectivity index (χ2n) is 4.40. The van der Waals surface area contributed by atoms with E-state index in [-0.39, 0.29) is 17.7 Å². The largest absolute Gasteiger partial charge is 0.340 e. The van der Waals surface area contributed by atoms with Crippen molar-refractivity contribution in [1.29, 1.82) is 0 Å². The Morgan fingerprint density at radius 3 is 2.42 bits per heavy atom. The Hall–Kier alpha value is -1.62. The van der Waals surface area contributed by atoms with E-state index in [1.165, 1.54) is 0 Å². The van der Waals surface area contributed by atoms with Gasteiger partial charge in [0, 0.05) is 44.1 Å². The number of pyridine rings is 1. The minimum Gasteiger partial charge on any atom is -0.340 e. The van der Waals surface area contributed by atoms with Gasteiger partial charge in [-0.3, -0.25) is 14.6 Å². The highest BCUT2D eigenvalue weighted by Gasteiger charge is 2.22. The summed E-state index contributed by atoms with van der Waals surface area (Å²) >= 11 is 5.55. The molecule has 1 aliphatic rings. The Morgan fingerprint density at radius 1 is 1.11 bits per heavy atom. The average Bonchev–Trinajstić information content (AvgIpc) is 2.72. The predicted octanol–water partition coefficient (Wildman–Crippen LogP) is 0.995. The van der Waals surface area contributed by atoms with Crippen molar-refractivity contribution >= 4 is 23.4 Å². The Bertz CT molecular complexity index is 452. The van der Waals surface area contributed by atoms with Gasteiger partial charge in [0.25, 0.3) is 5.91 Å². The lowest BCUT2D eigenvalue weighted by atomic mass is 10.2. The third-order valence-electron chi connectivity index (χ3n) is 3.18. The van der Waals surface area contributed by atoms with Gasteiger partial charge in [-0.15, -0.1) is 11.6 Å².